The lowest BCUT2D eigenvalue weighted by atomic mass is 10.2. The second-order valence-electron chi connectivity index (χ2n) is 5.99. The third kappa shape index (κ3) is 5.53. The molecule has 5 N–H and O–H groups in total. The highest BCUT2D eigenvalue weighted by atomic mass is 35.5. The van der Waals surface area contributed by atoms with Crippen molar-refractivity contribution in [2.45, 2.75) is 13.0 Å². The Hall–Kier alpha value is -4.02. The van der Waals surface area contributed by atoms with Crippen molar-refractivity contribution < 1.29 is 14.2 Å². The molecule has 0 aliphatic rings. The fraction of sp³-hybridized carbons (Fsp3) is 0.176. The van der Waals surface area contributed by atoms with Gasteiger partial charge in [-0.3, -0.25) is 10.6 Å². The molecule has 2 heterocycles. The van der Waals surface area contributed by atoms with E-state index in [4.69, 9.17) is 22.3 Å². The van der Waals surface area contributed by atoms with E-state index in [1.807, 2.05) is 0 Å². The fourth-order valence-electron chi connectivity index (χ4n) is 2.44. The van der Waals surface area contributed by atoms with Gasteiger partial charge in [0.15, 0.2) is 11.5 Å². The van der Waals surface area contributed by atoms with Gasteiger partial charge in [0.1, 0.15) is 11.5 Å². The van der Waals surface area contributed by atoms with Crippen molar-refractivity contribution >= 4 is 29.1 Å². The molecule has 3 aromatic rings. The number of imidazole rings is 1. The van der Waals surface area contributed by atoms with E-state index < -0.39 is 11.7 Å². The number of aromatic nitrogens is 4. The number of nitriles is 1. The van der Waals surface area contributed by atoms with Crippen LogP contribution >= 0.6 is 11.6 Å². The molecule has 31 heavy (non-hydrogen) atoms. The summed E-state index contributed by atoms with van der Waals surface area (Å²) in [5.74, 6) is -0.969. The van der Waals surface area contributed by atoms with Crippen LogP contribution in [0.2, 0.25) is 5.02 Å². The highest BCUT2D eigenvalue weighted by Gasteiger charge is 2.22. The third-order valence-electron chi connectivity index (χ3n) is 3.97. The number of anilines is 1. The van der Waals surface area contributed by atoms with Gasteiger partial charge >= 0.3 is 0 Å². The first kappa shape index (κ1) is 21.7. The Morgan fingerprint density at radius 1 is 1.42 bits per heavy atom. The second-order valence-corrected chi connectivity index (χ2v) is 6.39. The number of amidine groups is 1. The summed E-state index contributed by atoms with van der Waals surface area (Å²) in [5, 5.41) is 40.7. The molecule has 2 aromatic heterocycles. The molecule has 0 spiro atoms. The molecule has 0 saturated carbocycles. The van der Waals surface area contributed by atoms with E-state index in [-0.39, 0.29) is 34.6 Å². The number of halogens is 2. The summed E-state index contributed by atoms with van der Waals surface area (Å²) in [6.45, 7) is 0.446. The molecule has 0 aliphatic carbocycles. The van der Waals surface area contributed by atoms with Crippen LogP contribution in [0, 0.1) is 22.7 Å². The van der Waals surface area contributed by atoms with Crippen molar-refractivity contribution in [3.8, 4) is 6.19 Å². The monoisotopic (exact) mass is 446 g/mol. The minimum atomic E-state index is -0.664. The molecule has 14 heteroatoms. The van der Waals surface area contributed by atoms with E-state index in [9.17, 15) is 9.60 Å². The van der Waals surface area contributed by atoms with Crippen LogP contribution in [0.3, 0.4) is 0 Å². The quantitative estimate of drug-likeness (QED) is 0.156. The molecule has 0 bridgehead atoms. The summed E-state index contributed by atoms with van der Waals surface area (Å²) in [5.41, 5.74) is 1.04. The summed E-state index contributed by atoms with van der Waals surface area (Å²) in [6, 6.07) is 3.44. The fourth-order valence-corrected chi connectivity index (χ4v) is 2.62. The van der Waals surface area contributed by atoms with Gasteiger partial charge in [-0.1, -0.05) is 16.8 Å². The predicted octanol–water partition coefficient (Wildman–Crippen LogP) is 1.57. The highest BCUT2D eigenvalue weighted by Crippen LogP contribution is 2.23. The number of aliphatic imine (C=N–C) groups is 1. The van der Waals surface area contributed by atoms with Crippen molar-refractivity contribution in [3.05, 3.63) is 58.6 Å². The maximum Gasteiger partial charge on any atom is 0.209 e. The number of hydroxylamine groups is 1. The number of aromatic amines is 1. The number of hydrogen-bond acceptors (Lipinski definition) is 8. The maximum absolute atomic E-state index is 13.3. The lowest BCUT2D eigenvalue weighted by molar-refractivity contribution is 0.297. The largest absolute Gasteiger partial charge is 0.355 e. The van der Waals surface area contributed by atoms with Gasteiger partial charge in [0.2, 0.25) is 12.2 Å². The van der Waals surface area contributed by atoms with E-state index >= 15 is 0 Å². The number of H-pyrrole nitrogens is 1. The summed E-state index contributed by atoms with van der Waals surface area (Å²) < 4.78 is 18.0. The predicted molar refractivity (Wildman–Crippen MR) is 107 cm³/mol. The Balaban J connectivity index is 1.63. The van der Waals surface area contributed by atoms with Crippen molar-refractivity contribution in [2.24, 2.45) is 4.99 Å². The zero-order valence-electron chi connectivity index (χ0n) is 15.8. The highest BCUT2D eigenvalue weighted by molar-refractivity contribution is 6.31. The lowest BCUT2D eigenvalue weighted by Crippen LogP contribution is -2.38. The van der Waals surface area contributed by atoms with Crippen molar-refractivity contribution in [1.29, 1.82) is 10.7 Å². The first-order valence-electron chi connectivity index (χ1n) is 8.75. The first-order chi connectivity index (χ1) is 15.0. The molecular formula is C17H16ClFN10O2. The summed E-state index contributed by atoms with van der Waals surface area (Å²) in [4.78, 5) is 10.5. The molecule has 160 valence electrons. The van der Waals surface area contributed by atoms with Crippen molar-refractivity contribution in [1.82, 2.24) is 30.9 Å². The van der Waals surface area contributed by atoms with Gasteiger partial charge in [0.05, 0.1) is 23.6 Å². The average Bonchev–Trinajstić information content (AvgIpc) is 3.45. The normalized spacial score (nSPS) is 11.1. The van der Waals surface area contributed by atoms with Crippen LogP contribution in [0.1, 0.15) is 17.1 Å². The number of benzene rings is 1. The Labute approximate surface area is 179 Å². The SMILES string of the molecule is N#C/N=C(\NCCc1cnc[nH]1)NCc1nonc1C(=N)N(O)c1ccc(F)c(Cl)c1. The maximum atomic E-state index is 13.3. The Morgan fingerprint density at radius 3 is 2.97 bits per heavy atom. The summed E-state index contributed by atoms with van der Waals surface area (Å²) in [7, 11) is 0. The topological polar surface area (TPSA) is 175 Å². The summed E-state index contributed by atoms with van der Waals surface area (Å²) >= 11 is 5.72. The molecule has 0 saturated heterocycles. The lowest BCUT2D eigenvalue weighted by Gasteiger charge is -2.17. The Bertz CT molecular complexity index is 1110. The molecule has 0 aliphatic heterocycles. The summed E-state index contributed by atoms with van der Waals surface area (Å²) in [6.07, 6.45) is 5.55. The second kappa shape index (κ2) is 10.1. The van der Waals surface area contributed by atoms with E-state index in [1.165, 1.54) is 6.07 Å². The smallest absolute Gasteiger partial charge is 0.209 e. The Morgan fingerprint density at radius 2 is 2.26 bits per heavy atom. The third-order valence-corrected chi connectivity index (χ3v) is 4.26. The van der Waals surface area contributed by atoms with Crippen molar-refractivity contribution in [3.63, 3.8) is 0 Å². The number of nitrogens with one attached hydrogen (secondary N) is 4. The molecule has 0 radical (unpaired) electrons. The molecule has 12 nitrogen and oxygen atoms in total. The van der Waals surface area contributed by atoms with Gasteiger partial charge in [-0.2, -0.15) is 5.26 Å². The van der Waals surface area contributed by atoms with E-state index in [1.54, 1.807) is 18.7 Å². The van der Waals surface area contributed by atoms with E-state index in [2.05, 4.69) is 40.5 Å². The van der Waals surface area contributed by atoms with E-state index in [0.717, 1.165) is 17.8 Å². The molecule has 3 rings (SSSR count). The number of rotatable bonds is 7. The minimum absolute atomic E-state index is 0.0171. The zero-order valence-corrected chi connectivity index (χ0v) is 16.6. The Kier molecular flexibility index (Phi) is 7.09. The molecule has 0 fully saturated rings. The van der Waals surface area contributed by atoms with Crippen LogP contribution < -0.4 is 15.7 Å². The average molecular weight is 447 g/mol. The first-order valence-corrected chi connectivity index (χ1v) is 9.13. The van der Waals surface area contributed by atoms with Crippen LogP contribution in [-0.4, -0.2) is 43.8 Å². The number of guanidine groups is 1. The van der Waals surface area contributed by atoms with Crippen LogP contribution in [-0.2, 0) is 13.0 Å². The van der Waals surface area contributed by atoms with Gasteiger partial charge in [-0.15, -0.1) is 4.99 Å². The van der Waals surface area contributed by atoms with Crippen LogP contribution in [0.25, 0.3) is 0 Å². The van der Waals surface area contributed by atoms with Crippen LogP contribution in [0.15, 0.2) is 40.3 Å². The zero-order chi connectivity index (χ0) is 22.2. The molecule has 0 unspecified atom stereocenters. The minimum Gasteiger partial charge on any atom is -0.355 e. The van der Waals surface area contributed by atoms with E-state index in [0.29, 0.717) is 18.0 Å². The molecular weight excluding hydrogens is 431 g/mol. The molecule has 0 atom stereocenters. The number of hydrogen-bond donors (Lipinski definition) is 5. The van der Waals surface area contributed by atoms with Gasteiger partial charge < -0.3 is 15.6 Å². The van der Waals surface area contributed by atoms with Crippen LogP contribution in [0.4, 0.5) is 10.1 Å². The number of nitrogens with zero attached hydrogens (tertiary/aromatic N) is 6. The van der Waals surface area contributed by atoms with Crippen molar-refractivity contribution in [2.75, 3.05) is 11.6 Å². The molecule has 1 aromatic carbocycles. The van der Waals surface area contributed by atoms with Gasteiger partial charge in [-0.05, 0) is 23.4 Å². The van der Waals surface area contributed by atoms with Crippen LogP contribution in [0.5, 0.6) is 0 Å². The van der Waals surface area contributed by atoms with Gasteiger partial charge in [0.25, 0.3) is 0 Å². The van der Waals surface area contributed by atoms with Gasteiger partial charge in [-0.25, -0.2) is 19.1 Å². The standard InChI is InChI=1S/C17H16ClFN10O2/c18-12-5-11(1-2-13(12)19)29(30)16(21)15-14(27-31-28-15)7-24-17(25-8-20)23-4-3-10-6-22-9-26-10/h1-2,5-6,9,21,30H,3-4,7H2,(H,22,26)(H2,23,24,25). The van der Waals surface area contributed by atoms with Gasteiger partial charge in [0, 0.05) is 24.9 Å². The molecule has 0 amide bonds.